The smallest absolute Gasteiger partial charge is 0.258 e. The van der Waals surface area contributed by atoms with E-state index >= 15 is 0 Å². The first kappa shape index (κ1) is 21.8. The number of thiocarbonyl (C=S) groups is 1. The van der Waals surface area contributed by atoms with Gasteiger partial charge >= 0.3 is 0 Å². The van der Waals surface area contributed by atoms with Crippen molar-refractivity contribution < 1.29 is 9.21 Å². The molecule has 0 aliphatic heterocycles. The third-order valence-electron chi connectivity index (χ3n) is 5.85. The van der Waals surface area contributed by atoms with Crippen LogP contribution in [-0.4, -0.2) is 16.0 Å². The number of aromatic nitrogens is 1. The van der Waals surface area contributed by atoms with Crippen molar-refractivity contribution in [3.63, 3.8) is 0 Å². The largest absolute Gasteiger partial charge is 0.436 e. The Morgan fingerprint density at radius 3 is 2.68 bits per heavy atom. The monoisotopic (exact) mass is 465 g/mol. The molecule has 1 amide bonds. The van der Waals surface area contributed by atoms with Gasteiger partial charge in [-0.3, -0.25) is 10.1 Å². The van der Waals surface area contributed by atoms with E-state index in [2.05, 4.69) is 28.6 Å². The highest BCUT2D eigenvalue weighted by atomic mass is 32.1. The lowest BCUT2D eigenvalue weighted by molar-refractivity contribution is 0.0979. The van der Waals surface area contributed by atoms with Gasteiger partial charge in [0.15, 0.2) is 10.7 Å². The fourth-order valence-electron chi connectivity index (χ4n) is 3.95. The minimum Gasteiger partial charge on any atom is -0.436 e. The van der Waals surface area contributed by atoms with Crippen molar-refractivity contribution in [3.8, 4) is 11.5 Å². The van der Waals surface area contributed by atoms with Crippen LogP contribution >= 0.6 is 12.2 Å². The van der Waals surface area contributed by atoms with Crippen LogP contribution in [0.4, 0.5) is 5.69 Å². The number of carbonyl (C=O) groups is 1. The van der Waals surface area contributed by atoms with Gasteiger partial charge in [0, 0.05) is 16.8 Å². The molecule has 6 heteroatoms. The van der Waals surface area contributed by atoms with Crippen LogP contribution in [0.3, 0.4) is 0 Å². The summed E-state index contributed by atoms with van der Waals surface area (Å²) in [5.41, 5.74) is 5.96. The molecule has 0 radical (unpaired) electrons. The van der Waals surface area contributed by atoms with Gasteiger partial charge in [-0.15, -0.1) is 0 Å². The Bertz CT molecular complexity index is 1550. The van der Waals surface area contributed by atoms with Crippen molar-refractivity contribution in [2.24, 2.45) is 0 Å². The highest BCUT2D eigenvalue weighted by Crippen LogP contribution is 2.28. The van der Waals surface area contributed by atoms with E-state index in [-0.39, 0.29) is 11.0 Å². The minimum absolute atomic E-state index is 0.225. The molecule has 34 heavy (non-hydrogen) atoms. The molecular weight excluding hydrogens is 442 g/mol. The number of oxazole rings is 1. The number of amides is 1. The molecule has 5 nitrogen and oxygen atoms in total. The zero-order valence-electron chi connectivity index (χ0n) is 18.9. The van der Waals surface area contributed by atoms with Gasteiger partial charge in [-0.2, -0.15) is 0 Å². The van der Waals surface area contributed by atoms with Crippen LogP contribution in [0.1, 0.15) is 28.4 Å². The molecule has 5 rings (SSSR count). The molecule has 168 valence electrons. The van der Waals surface area contributed by atoms with E-state index in [1.165, 1.54) is 5.56 Å². The molecule has 0 unspecified atom stereocenters. The third kappa shape index (κ3) is 4.28. The quantitative estimate of drug-likeness (QED) is 0.291. The molecule has 0 fully saturated rings. The van der Waals surface area contributed by atoms with Gasteiger partial charge in [0.25, 0.3) is 5.91 Å². The summed E-state index contributed by atoms with van der Waals surface area (Å²) in [6.45, 7) is 4.09. The lowest BCUT2D eigenvalue weighted by Crippen LogP contribution is -2.34. The summed E-state index contributed by atoms with van der Waals surface area (Å²) in [4.78, 5) is 17.6. The Balaban J connectivity index is 1.37. The van der Waals surface area contributed by atoms with Crippen LogP contribution in [0, 0.1) is 6.92 Å². The van der Waals surface area contributed by atoms with Crippen LogP contribution in [0.25, 0.3) is 33.3 Å². The lowest BCUT2D eigenvalue weighted by atomic mass is 10.0. The molecular formula is C28H23N3O2S. The normalized spacial score (nSPS) is 11.0. The lowest BCUT2D eigenvalue weighted by Gasteiger charge is -2.13. The van der Waals surface area contributed by atoms with Gasteiger partial charge < -0.3 is 9.73 Å². The third-order valence-corrected chi connectivity index (χ3v) is 6.06. The molecule has 0 saturated carbocycles. The predicted octanol–water partition coefficient (Wildman–Crippen LogP) is 6.65. The molecule has 0 saturated heterocycles. The average molecular weight is 466 g/mol. The predicted molar refractivity (Wildman–Crippen MR) is 141 cm³/mol. The maximum atomic E-state index is 12.9. The number of rotatable bonds is 4. The summed E-state index contributed by atoms with van der Waals surface area (Å²) in [5, 5.41) is 8.06. The van der Waals surface area contributed by atoms with E-state index in [1.54, 1.807) is 6.07 Å². The summed E-state index contributed by atoms with van der Waals surface area (Å²) >= 11 is 5.45. The molecule has 0 aliphatic rings. The van der Waals surface area contributed by atoms with Gasteiger partial charge in [-0.05, 0) is 77.8 Å². The number of nitrogens with zero attached hydrogens (tertiary/aromatic N) is 1. The number of hydrogen-bond acceptors (Lipinski definition) is 4. The number of anilines is 1. The number of aryl methyl sites for hydroxylation is 2. The second kappa shape index (κ2) is 9.08. The van der Waals surface area contributed by atoms with Crippen molar-refractivity contribution in [1.82, 2.24) is 10.3 Å². The van der Waals surface area contributed by atoms with E-state index < -0.39 is 0 Å². The Morgan fingerprint density at radius 1 is 1.00 bits per heavy atom. The van der Waals surface area contributed by atoms with Gasteiger partial charge in [0.05, 0.1) is 0 Å². The SMILES string of the molecule is CCc1ccc2oc(-c3ccc(C)c(NC(=S)NC(=O)c4cccc5ccccc45)c3)nc2c1. The maximum absolute atomic E-state index is 12.9. The van der Waals surface area contributed by atoms with Crippen LogP contribution in [0.2, 0.25) is 0 Å². The second-order valence-electron chi connectivity index (χ2n) is 8.14. The summed E-state index contributed by atoms with van der Waals surface area (Å²) in [6, 6.07) is 25.3. The minimum atomic E-state index is -0.256. The van der Waals surface area contributed by atoms with Crippen molar-refractivity contribution in [2.45, 2.75) is 20.3 Å². The second-order valence-corrected chi connectivity index (χ2v) is 8.55. The van der Waals surface area contributed by atoms with Crippen molar-refractivity contribution in [2.75, 3.05) is 5.32 Å². The zero-order chi connectivity index (χ0) is 23.7. The fraction of sp³-hybridized carbons (Fsp3) is 0.107. The van der Waals surface area contributed by atoms with E-state index in [9.17, 15) is 4.79 Å². The topological polar surface area (TPSA) is 67.2 Å². The van der Waals surface area contributed by atoms with E-state index in [0.29, 0.717) is 11.5 Å². The number of hydrogen-bond donors (Lipinski definition) is 2. The average Bonchev–Trinajstić information content (AvgIpc) is 3.28. The van der Waals surface area contributed by atoms with E-state index in [4.69, 9.17) is 16.6 Å². The first-order valence-corrected chi connectivity index (χ1v) is 11.5. The van der Waals surface area contributed by atoms with E-state index in [1.807, 2.05) is 73.7 Å². The summed E-state index contributed by atoms with van der Waals surface area (Å²) in [7, 11) is 0. The molecule has 0 aliphatic carbocycles. The molecule has 0 spiro atoms. The Labute approximate surface area is 202 Å². The highest BCUT2D eigenvalue weighted by molar-refractivity contribution is 7.80. The van der Waals surface area contributed by atoms with E-state index in [0.717, 1.165) is 45.1 Å². The van der Waals surface area contributed by atoms with Crippen molar-refractivity contribution >= 4 is 50.8 Å². The molecule has 4 aromatic carbocycles. The summed E-state index contributed by atoms with van der Waals surface area (Å²) in [6.07, 6.45) is 0.943. The molecule has 0 bridgehead atoms. The van der Waals surface area contributed by atoms with Crippen LogP contribution in [0.15, 0.2) is 83.3 Å². The molecule has 0 atom stereocenters. The highest BCUT2D eigenvalue weighted by Gasteiger charge is 2.14. The van der Waals surface area contributed by atoms with Crippen molar-refractivity contribution in [3.05, 3.63) is 95.6 Å². The van der Waals surface area contributed by atoms with Gasteiger partial charge in [0.1, 0.15) is 5.52 Å². The molecule has 1 heterocycles. The van der Waals surface area contributed by atoms with Gasteiger partial charge in [-0.25, -0.2) is 4.98 Å². The van der Waals surface area contributed by atoms with Crippen LogP contribution in [0.5, 0.6) is 0 Å². The number of fused-ring (bicyclic) bond motifs is 2. The zero-order valence-corrected chi connectivity index (χ0v) is 19.7. The number of carbonyl (C=O) groups excluding carboxylic acids is 1. The van der Waals surface area contributed by atoms with Gasteiger partial charge in [0.2, 0.25) is 5.89 Å². The van der Waals surface area contributed by atoms with Crippen molar-refractivity contribution in [1.29, 1.82) is 0 Å². The Hall–Kier alpha value is -4.03. The Kier molecular flexibility index (Phi) is 5.82. The molecule has 5 aromatic rings. The molecule has 1 aromatic heterocycles. The first-order valence-electron chi connectivity index (χ1n) is 11.1. The van der Waals surface area contributed by atoms with Crippen LogP contribution in [-0.2, 0) is 6.42 Å². The number of nitrogens with one attached hydrogen (secondary N) is 2. The summed E-state index contributed by atoms with van der Waals surface area (Å²) < 4.78 is 5.98. The molecule has 2 N–H and O–H groups in total. The van der Waals surface area contributed by atoms with Gasteiger partial charge in [-0.1, -0.05) is 55.5 Å². The maximum Gasteiger partial charge on any atom is 0.258 e. The summed E-state index contributed by atoms with van der Waals surface area (Å²) in [5.74, 6) is 0.283. The first-order chi connectivity index (χ1) is 16.5. The van der Waals surface area contributed by atoms with Crippen LogP contribution < -0.4 is 10.6 Å². The Morgan fingerprint density at radius 2 is 1.82 bits per heavy atom. The number of benzene rings is 4. The fourth-order valence-corrected chi connectivity index (χ4v) is 4.16. The standard InChI is InChI=1S/C28H23N3O2S/c1-3-18-12-14-25-24(15-18)29-27(33-25)20-13-11-17(2)23(16-20)30-28(34)31-26(32)22-10-6-8-19-7-4-5-9-21(19)22/h4-16H,3H2,1-2H3,(H2,30,31,32,34).